The molecule has 7 heteroatoms. The van der Waals surface area contributed by atoms with Crippen molar-refractivity contribution in [3.63, 3.8) is 0 Å². The van der Waals surface area contributed by atoms with E-state index >= 15 is 0 Å². The molecule has 1 saturated heterocycles. The molecular weight excluding hydrogens is 340 g/mol. The normalized spacial score (nSPS) is 17.2. The van der Waals surface area contributed by atoms with Crippen LogP contribution in [0.2, 0.25) is 5.02 Å². The first kappa shape index (κ1) is 15.8. The molecule has 1 unspecified atom stereocenters. The van der Waals surface area contributed by atoms with Gasteiger partial charge in [0.2, 0.25) is 17.6 Å². The van der Waals surface area contributed by atoms with E-state index in [-0.39, 0.29) is 11.8 Å². The summed E-state index contributed by atoms with van der Waals surface area (Å²) in [5.41, 5.74) is 1.72. The van der Waals surface area contributed by atoms with Crippen molar-refractivity contribution in [1.29, 1.82) is 0 Å². The minimum absolute atomic E-state index is 0.0612. The highest BCUT2D eigenvalue weighted by atomic mass is 35.5. The summed E-state index contributed by atoms with van der Waals surface area (Å²) in [6, 6.07) is 11.2. The largest absolute Gasteiger partial charge is 0.339 e. The Morgan fingerprint density at radius 3 is 2.92 bits per heavy atom. The molecule has 0 spiro atoms. The number of hydrogen-bond donors (Lipinski definition) is 0. The van der Waals surface area contributed by atoms with Crippen LogP contribution in [0.15, 0.2) is 53.3 Å². The standard InChI is InChI=1S/C18H15ClN4O2/c19-15-6-2-1-4-13(15)10-23-11-14(8-16(23)24)18-21-17(22-25-18)12-5-3-7-20-9-12/h1-7,9,14H,8,10-11H2. The molecule has 1 aromatic carbocycles. The molecule has 126 valence electrons. The number of pyridine rings is 1. The molecule has 0 saturated carbocycles. The Labute approximate surface area is 149 Å². The van der Waals surface area contributed by atoms with Crippen LogP contribution in [0, 0.1) is 0 Å². The molecule has 0 aliphatic carbocycles. The van der Waals surface area contributed by atoms with Crippen LogP contribution in [-0.4, -0.2) is 32.5 Å². The molecule has 1 aliphatic rings. The average molecular weight is 355 g/mol. The van der Waals surface area contributed by atoms with Crippen molar-refractivity contribution in [3.05, 3.63) is 65.3 Å². The van der Waals surface area contributed by atoms with Crippen molar-refractivity contribution in [3.8, 4) is 11.4 Å². The van der Waals surface area contributed by atoms with Gasteiger partial charge in [-0.05, 0) is 23.8 Å². The van der Waals surface area contributed by atoms with Crippen molar-refractivity contribution in [2.75, 3.05) is 6.54 Å². The summed E-state index contributed by atoms with van der Waals surface area (Å²) in [5.74, 6) is 0.924. The molecule has 25 heavy (non-hydrogen) atoms. The van der Waals surface area contributed by atoms with Gasteiger partial charge in [0.05, 0.1) is 5.92 Å². The first-order chi connectivity index (χ1) is 12.2. The Morgan fingerprint density at radius 2 is 2.12 bits per heavy atom. The molecule has 0 bridgehead atoms. The van der Waals surface area contributed by atoms with Crippen molar-refractivity contribution < 1.29 is 9.32 Å². The molecule has 3 aromatic rings. The van der Waals surface area contributed by atoms with E-state index in [1.165, 1.54) is 0 Å². The summed E-state index contributed by atoms with van der Waals surface area (Å²) in [6.45, 7) is 1.03. The van der Waals surface area contributed by atoms with Crippen LogP contribution in [0.4, 0.5) is 0 Å². The Balaban J connectivity index is 1.49. The number of halogens is 1. The number of rotatable bonds is 4. The van der Waals surface area contributed by atoms with Gasteiger partial charge in [0, 0.05) is 42.5 Å². The van der Waals surface area contributed by atoms with Crippen LogP contribution in [-0.2, 0) is 11.3 Å². The molecule has 3 heterocycles. The van der Waals surface area contributed by atoms with Gasteiger partial charge in [0.1, 0.15) is 0 Å². The quantitative estimate of drug-likeness (QED) is 0.718. The number of benzene rings is 1. The van der Waals surface area contributed by atoms with Crippen molar-refractivity contribution in [2.24, 2.45) is 0 Å². The lowest BCUT2D eigenvalue weighted by molar-refractivity contribution is -0.128. The third-order valence-electron chi connectivity index (χ3n) is 4.24. The lowest BCUT2D eigenvalue weighted by Crippen LogP contribution is -2.24. The molecule has 4 rings (SSSR count). The van der Waals surface area contributed by atoms with Gasteiger partial charge in [-0.25, -0.2) is 0 Å². The molecule has 1 fully saturated rings. The van der Waals surface area contributed by atoms with Crippen LogP contribution in [0.5, 0.6) is 0 Å². The highest BCUT2D eigenvalue weighted by molar-refractivity contribution is 6.31. The van der Waals surface area contributed by atoms with E-state index in [4.69, 9.17) is 16.1 Å². The van der Waals surface area contributed by atoms with E-state index in [1.807, 2.05) is 36.4 Å². The zero-order chi connectivity index (χ0) is 17.2. The summed E-state index contributed by atoms with van der Waals surface area (Å²) in [7, 11) is 0. The van der Waals surface area contributed by atoms with Crippen LogP contribution in [0.3, 0.4) is 0 Å². The Kier molecular flexibility index (Phi) is 4.19. The van der Waals surface area contributed by atoms with Crippen LogP contribution >= 0.6 is 11.6 Å². The van der Waals surface area contributed by atoms with Gasteiger partial charge in [-0.1, -0.05) is 35.0 Å². The fourth-order valence-corrected chi connectivity index (χ4v) is 3.13. The number of aromatic nitrogens is 3. The van der Waals surface area contributed by atoms with Crippen molar-refractivity contribution in [2.45, 2.75) is 18.9 Å². The van der Waals surface area contributed by atoms with Gasteiger partial charge < -0.3 is 9.42 Å². The summed E-state index contributed by atoms with van der Waals surface area (Å²) < 4.78 is 5.38. The van der Waals surface area contributed by atoms with E-state index in [0.717, 1.165) is 11.1 Å². The lowest BCUT2D eigenvalue weighted by atomic mass is 10.1. The first-order valence-electron chi connectivity index (χ1n) is 7.96. The van der Waals surface area contributed by atoms with E-state index in [9.17, 15) is 4.79 Å². The molecule has 0 radical (unpaired) electrons. The molecule has 1 amide bonds. The van der Waals surface area contributed by atoms with E-state index in [2.05, 4.69) is 15.1 Å². The van der Waals surface area contributed by atoms with Gasteiger partial charge in [0.15, 0.2) is 0 Å². The molecule has 6 nitrogen and oxygen atoms in total. The number of carbonyl (C=O) groups is 1. The SMILES string of the molecule is O=C1CC(c2nc(-c3cccnc3)no2)CN1Cc1ccccc1Cl. The second-order valence-electron chi connectivity index (χ2n) is 5.96. The number of carbonyl (C=O) groups excluding carboxylic acids is 1. The molecule has 1 atom stereocenters. The maximum absolute atomic E-state index is 12.3. The first-order valence-corrected chi connectivity index (χ1v) is 8.33. The summed E-state index contributed by atoms with van der Waals surface area (Å²) >= 11 is 6.19. The third kappa shape index (κ3) is 3.25. The van der Waals surface area contributed by atoms with Crippen molar-refractivity contribution >= 4 is 17.5 Å². The lowest BCUT2D eigenvalue weighted by Gasteiger charge is -2.16. The number of nitrogens with zero attached hydrogens (tertiary/aromatic N) is 4. The minimum Gasteiger partial charge on any atom is -0.339 e. The molecular formula is C18H15ClN4O2. The zero-order valence-corrected chi connectivity index (χ0v) is 14.1. The molecule has 0 N–H and O–H groups in total. The van der Waals surface area contributed by atoms with Gasteiger partial charge >= 0.3 is 0 Å². The smallest absolute Gasteiger partial charge is 0.232 e. The van der Waals surface area contributed by atoms with E-state index in [1.54, 1.807) is 17.3 Å². The Bertz CT molecular complexity index is 897. The predicted octanol–water partition coefficient (Wildman–Crippen LogP) is 3.30. The van der Waals surface area contributed by atoms with Crippen molar-refractivity contribution in [1.82, 2.24) is 20.0 Å². The highest BCUT2D eigenvalue weighted by Gasteiger charge is 2.34. The Morgan fingerprint density at radius 1 is 1.24 bits per heavy atom. The minimum atomic E-state index is -0.104. The maximum Gasteiger partial charge on any atom is 0.232 e. The fraction of sp³-hybridized carbons (Fsp3) is 0.222. The van der Waals surface area contributed by atoms with Crippen LogP contribution < -0.4 is 0 Å². The summed E-state index contributed by atoms with van der Waals surface area (Å²) in [6.07, 6.45) is 3.73. The average Bonchev–Trinajstić information content (AvgIpc) is 3.25. The maximum atomic E-state index is 12.3. The third-order valence-corrected chi connectivity index (χ3v) is 4.61. The number of amides is 1. The number of hydrogen-bond acceptors (Lipinski definition) is 5. The highest BCUT2D eigenvalue weighted by Crippen LogP contribution is 2.30. The topological polar surface area (TPSA) is 72.1 Å². The van der Waals surface area contributed by atoms with Gasteiger partial charge in [-0.3, -0.25) is 9.78 Å². The van der Waals surface area contributed by atoms with E-state index in [0.29, 0.717) is 36.2 Å². The number of likely N-dealkylation sites (tertiary alicyclic amines) is 1. The Hall–Kier alpha value is -2.73. The van der Waals surface area contributed by atoms with Crippen LogP contribution in [0.1, 0.15) is 23.8 Å². The molecule has 1 aliphatic heterocycles. The zero-order valence-electron chi connectivity index (χ0n) is 13.3. The second kappa shape index (κ2) is 6.64. The van der Waals surface area contributed by atoms with Gasteiger partial charge in [-0.15, -0.1) is 0 Å². The van der Waals surface area contributed by atoms with Gasteiger partial charge in [-0.2, -0.15) is 4.98 Å². The predicted molar refractivity (Wildman–Crippen MR) is 91.8 cm³/mol. The summed E-state index contributed by atoms with van der Waals surface area (Å²) in [5, 5.41) is 4.66. The summed E-state index contributed by atoms with van der Waals surface area (Å²) in [4.78, 5) is 22.6. The van der Waals surface area contributed by atoms with E-state index < -0.39 is 0 Å². The second-order valence-corrected chi connectivity index (χ2v) is 6.37. The monoisotopic (exact) mass is 354 g/mol. The van der Waals surface area contributed by atoms with Crippen LogP contribution in [0.25, 0.3) is 11.4 Å². The fourth-order valence-electron chi connectivity index (χ4n) is 2.94. The van der Waals surface area contributed by atoms with Gasteiger partial charge in [0.25, 0.3) is 0 Å². The molecule has 2 aromatic heterocycles.